The normalized spacial score (nSPS) is 26.2. The van der Waals surface area contributed by atoms with Crippen molar-refractivity contribution in [2.24, 2.45) is 5.92 Å². The molecule has 4 rings (SSSR count). The van der Waals surface area contributed by atoms with E-state index in [0.29, 0.717) is 5.76 Å². The molecule has 4 heteroatoms. The molecule has 0 radical (unpaired) electrons. The number of amides is 1. The highest BCUT2D eigenvalue weighted by Gasteiger charge is 2.33. The predicted octanol–water partition coefficient (Wildman–Crippen LogP) is 3.08. The minimum Gasteiger partial charge on any atom is -0.451 e. The molecular weight excluding hydrogens is 288 g/mol. The van der Waals surface area contributed by atoms with Gasteiger partial charge in [-0.25, -0.2) is 0 Å². The van der Waals surface area contributed by atoms with Gasteiger partial charge in [-0.3, -0.25) is 4.79 Å². The van der Waals surface area contributed by atoms with Crippen LogP contribution in [-0.2, 0) is 0 Å². The van der Waals surface area contributed by atoms with Gasteiger partial charge in [-0.15, -0.1) is 0 Å². The summed E-state index contributed by atoms with van der Waals surface area (Å²) in [7, 11) is 0. The predicted molar refractivity (Wildman–Crippen MR) is 89.3 cm³/mol. The summed E-state index contributed by atoms with van der Waals surface area (Å²) >= 11 is 0. The number of rotatable bonds is 3. The molecule has 2 saturated heterocycles. The molecule has 1 aromatic heterocycles. The lowest BCUT2D eigenvalue weighted by molar-refractivity contribution is 0.0882. The van der Waals surface area contributed by atoms with Gasteiger partial charge >= 0.3 is 0 Å². The maximum Gasteiger partial charge on any atom is 0.287 e. The van der Waals surface area contributed by atoms with E-state index in [9.17, 15) is 4.79 Å². The van der Waals surface area contributed by atoms with Crippen molar-refractivity contribution < 1.29 is 9.21 Å². The zero-order valence-corrected chi connectivity index (χ0v) is 13.4. The van der Waals surface area contributed by atoms with Crippen molar-refractivity contribution in [3.05, 3.63) is 47.7 Å². The lowest BCUT2D eigenvalue weighted by Crippen LogP contribution is -2.46. The molecule has 0 aliphatic carbocycles. The molecule has 1 aromatic carbocycles. The van der Waals surface area contributed by atoms with Crippen LogP contribution in [0.4, 0.5) is 0 Å². The second-order valence-electron chi connectivity index (χ2n) is 6.85. The zero-order valence-electron chi connectivity index (χ0n) is 13.4. The number of piperidine rings is 1. The summed E-state index contributed by atoms with van der Waals surface area (Å²) in [4.78, 5) is 14.9. The fourth-order valence-corrected chi connectivity index (χ4v) is 3.75. The Kier molecular flexibility index (Phi) is 3.69. The molecule has 23 heavy (non-hydrogen) atoms. The third kappa shape index (κ3) is 3.04. The molecule has 4 nitrogen and oxygen atoms in total. The topological polar surface area (TPSA) is 45.5 Å². The molecule has 1 N–H and O–H groups in total. The Morgan fingerprint density at radius 1 is 1.17 bits per heavy atom. The van der Waals surface area contributed by atoms with Crippen LogP contribution >= 0.6 is 0 Å². The summed E-state index contributed by atoms with van der Waals surface area (Å²) in [6, 6.07) is 12.0. The first-order chi connectivity index (χ1) is 11.2. The Balaban J connectivity index is 1.44. The Morgan fingerprint density at radius 3 is 2.78 bits per heavy atom. The number of furan rings is 1. The summed E-state index contributed by atoms with van der Waals surface area (Å²) in [6.45, 7) is 5.39. The fourth-order valence-electron chi connectivity index (χ4n) is 3.75. The van der Waals surface area contributed by atoms with Crippen molar-refractivity contribution >= 4 is 5.91 Å². The number of carbonyl (C=O) groups is 1. The monoisotopic (exact) mass is 310 g/mol. The molecule has 2 fully saturated rings. The van der Waals surface area contributed by atoms with Crippen LogP contribution in [-0.4, -0.2) is 36.5 Å². The lowest BCUT2D eigenvalue weighted by atomic mass is 9.97. The molecule has 3 unspecified atom stereocenters. The van der Waals surface area contributed by atoms with Crippen LogP contribution in [0, 0.1) is 12.8 Å². The number of hydrogen-bond donors (Lipinski definition) is 1. The maximum absolute atomic E-state index is 12.4. The van der Waals surface area contributed by atoms with E-state index in [2.05, 4.69) is 17.1 Å². The van der Waals surface area contributed by atoms with E-state index in [4.69, 9.17) is 4.42 Å². The van der Waals surface area contributed by atoms with E-state index in [1.54, 1.807) is 6.07 Å². The van der Waals surface area contributed by atoms with Gasteiger partial charge in [0, 0.05) is 24.7 Å². The van der Waals surface area contributed by atoms with Crippen molar-refractivity contribution in [1.29, 1.82) is 0 Å². The largest absolute Gasteiger partial charge is 0.451 e. The van der Waals surface area contributed by atoms with Crippen LogP contribution in [0.25, 0.3) is 11.3 Å². The smallest absolute Gasteiger partial charge is 0.287 e. The second-order valence-corrected chi connectivity index (χ2v) is 6.85. The first kappa shape index (κ1) is 14.5. The van der Waals surface area contributed by atoms with Crippen LogP contribution in [0.3, 0.4) is 0 Å². The summed E-state index contributed by atoms with van der Waals surface area (Å²) < 4.78 is 5.76. The minimum atomic E-state index is -0.101. The van der Waals surface area contributed by atoms with E-state index >= 15 is 0 Å². The lowest BCUT2D eigenvalue weighted by Gasteiger charge is -2.30. The number of nitrogens with zero attached hydrogens (tertiary/aromatic N) is 1. The summed E-state index contributed by atoms with van der Waals surface area (Å²) in [5.74, 6) is 1.78. The van der Waals surface area contributed by atoms with E-state index < -0.39 is 0 Å². The summed E-state index contributed by atoms with van der Waals surface area (Å²) in [5.41, 5.74) is 2.21. The SMILES string of the molecule is Cc1ccc(-c2ccc(C(=O)NC3CC4CCN(C4)C3)o2)cc1. The van der Waals surface area contributed by atoms with Gasteiger partial charge in [-0.05, 0) is 44.4 Å². The van der Waals surface area contributed by atoms with Gasteiger partial charge in [0.1, 0.15) is 5.76 Å². The second kappa shape index (κ2) is 5.85. The molecule has 120 valence electrons. The molecule has 0 spiro atoms. The van der Waals surface area contributed by atoms with Crippen molar-refractivity contribution in [3.8, 4) is 11.3 Å². The standard InChI is InChI=1S/C19H22N2O2/c1-13-2-4-15(5-3-13)17-6-7-18(23-17)19(22)20-16-10-14-8-9-21(11-14)12-16/h2-7,14,16H,8-12H2,1H3,(H,20,22). The number of carbonyl (C=O) groups excluding carboxylic acids is 1. The van der Waals surface area contributed by atoms with Gasteiger partial charge in [-0.1, -0.05) is 29.8 Å². The molecule has 2 aliphatic rings. The highest BCUT2D eigenvalue weighted by molar-refractivity contribution is 5.92. The van der Waals surface area contributed by atoms with E-state index in [1.807, 2.05) is 30.3 Å². The number of hydrogen-bond acceptors (Lipinski definition) is 3. The van der Waals surface area contributed by atoms with Crippen LogP contribution in [0.5, 0.6) is 0 Å². The maximum atomic E-state index is 12.4. The molecule has 2 bridgehead atoms. The number of nitrogens with one attached hydrogen (secondary N) is 1. The van der Waals surface area contributed by atoms with Crippen LogP contribution in [0.1, 0.15) is 29.0 Å². The molecule has 1 amide bonds. The number of fused-ring (bicyclic) bond motifs is 2. The van der Waals surface area contributed by atoms with Crippen molar-refractivity contribution in [2.45, 2.75) is 25.8 Å². The van der Waals surface area contributed by atoms with Crippen molar-refractivity contribution in [3.63, 3.8) is 0 Å². The van der Waals surface area contributed by atoms with Gasteiger partial charge in [0.15, 0.2) is 5.76 Å². The highest BCUT2D eigenvalue weighted by Crippen LogP contribution is 2.27. The van der Waals surface area contributed by atoms with Gasteiger partial charge in [0.25, 0.3) is 5.91 Å². The van der Waals surface area contributed by atoms with E-state index in [-0.39, 0.29) is 11.9 Å². The molecule has 3 heterocycles. The third-order valence-corrected chi connectivity index (χ3v) is 4.97. The molecule has 3 atom stereocenters. The van der Waals surface area contributed by atoms with Gasteiger partial charge in [0.05, 0.1) is 0 Å². The Labute approximate surface area is 136 Å². The van der Waals surface area contributed by atoms with Gasteiger partial charge < -0.3 is 14.6 Å². The Bertz CT molecular complexity index is 692. The minimum absolute atomic E-state index is 0.101. The third-order valence-electron chi connectivity index (χ3n) is 4.97. The summed E-state index contributed by atoms with van der Waals surface area (Å²) in [5, 5.41) is 3.14. The average molecular weight is 310 g/mol. The van der Waals surface area contributed by atoms with E-state index in [0.717, 1.165) is 30.2 Å². The Hall–Kier alpha value is -2.07. The molecule has 2 aromatic rings. The number of aryl methyl sites for hydroxylation is 1. The quantitative estimate of drug-likeness (QED) is 0.947. The molecular formula is C19H22N2O2. The van der Waals surface area contributed by atoms with Crippen molar-refractivity contribution in [2.75, 3.05) is 19.6 Å². The Morgan fingerprint density at radius 2 is 2.00 bits per heavy atom. The zero-order chi connectivity index (χ0) is 15.8. The first-order valence-corrected chi connectivity index (χ1v) is 8.37. The van der Waals surface area contributed by atoms with Crippen LogP contribution in [0.2, 0.25) is 0 Å². The van der Waals surface area contributed by atoms with Gasteiger partial charge in [0.2, 0.25) is 0 Å². The first-order valence-electron chi connectivity index (χ1n) is 8.37. The average Bonchev–Trinajstić information content (AvgIpc) is 3.15. The summed E-state index contributed by atoms with van der Waals surface area (Å²) in [6.07, 6.45) is 2.36. The molecule has 0 saturated carbocycles. The van der Waals surface area contributed by atoms with Crippen LogP contribution in [0.15, 0.2) is 40.8 Å². The highest BCUT2D eigenvalue weighted by atomic mass is 16.3. The van der Waals surface area contributed by atoms with Crippen molar-refractivity contribution in [1.82, 2.24) is 10.2 Å². The van der Waals surface area contributed by atoms with Crippen LogP contribution < -0.4 is 5.32 Å². The van der Waals surface area contributed by atoms with Gasteiger partial charge in [-0.2, -0.15) is 0 Å². The molecule has 2 aliphatic heterocycles. The van der Waals surface area contributed by atoms with E-state index in [1.165, 1.54) is 25.1 Å². The fraction of sp³-hybridized carbons (Fsp3) is 0.421. The number of benzene rings is 1.